The lowest BCUT2D eigenvalue weighted by Gasteiger charge is -2.23. The zero-order valence-corrected chi connectivity index (χ0v) is 13.8. The van der Waals surface area contributed by atoms with Crippen LogP contribution in [0.5, 0.6) is 0 Å². The fourth-order valence-corrected chi connectivity index (χ4v) is 2.80. The maximum Gasteiger partial charge on any atom is 0.408 e. The van der Waals surface area contributed by atoms with Crippen molar-refractivity contribution in [3.05, 3.63) is 0 Å². The summed E-state index contributed by atoms with van der Waals surface area (Å²) in [5.41, 5.74) is -0.554. The summed E-state index contributed by atoms with van der Waals surface area (Å²) in [6.45, 7) is 5.42. The van der Waals surface area contributed by atoms with Crippen molar-refractivity contribution in [3.8, 4) is 0 Å². The van der Waals surface area contributed by atoms with Gasteiger partial charge in [-0.1, -0.05) is 38.5 Å². The number of nitrogens with one attached hydrogen (secondary N) is 2. The highest BCUT2D eigenvalue weighted by atomic mass is 16.6. The molecule has 122 valence electrons. The molecular formula is C16H30N2O3. The van der Waals surface area contributed by atoms with Crippen LogP contribution in [0.2, 0.25) is 0 Å². The standard InChI is InChI=1S/C16H30N2O3/c1-16(2,3)21-15(20)18-13(14(19)17-4)11-7-10-12-8-5-6-9-12/h12-13H,5-11H2,1-4H3,(H,17,19)(H,18,20)/t13-/m0/s1. The summed E-state index contributed by atoms with van der Waals surface area (Å²) < 4.78 is 5.21. The van der Waals surface area contributed by atoms with Gasteiger partial charge >= 0.3 is 6.09 Å². The van der Waals surface area contributed by atoms with Crippen molar-refractivity contribution in [3.63, 3.8) is 0 Å². The highest BCUT2D eigenvalue weighted by Gasteiger charge is 2.24. The van der Waals surface area contributed by atoms with Crippen molar-refractivity contribution in [2.75, 3.05) is 7.05 Å². The zero-order valence-electron chi connectivity index (χ0n) is 13.8. The summed E-state index contributed by atoms with van der Waals surface area (Å²) in [4.78, 5) is 23.7. The van der Waals surface area contributed by atoms with E-state index in [0.717, 1.165) is 18.8 Å². The van der Waals surface area contributed by atoms with Crippen LogP contribution in [0.1, 0.15) is 65.7 Å². The van der Waals surface area contributed by atoms with Gasteiger partial charge in [-0.2, -0.15) is 0 Å². The second-order valence-electron chi connectivity index (χ2n) is 6.89. The minimum Gasteiger partial charge on any atom is -0.444 e. The van der Waals surface area contributed by atoms with Crippen LogP contribution in [-0.2, 0) is 9.53 Å². The van der Waals surface area contributed by atoms with Gasteiger partial charge in [-0.15, -0.1) is 0 Å². The van der Waals surface area contributed by atoms with Crippen LogP contribution in [0.4, 0.5) is 4.79 Å². The van der Waals surface area contributed by atoms with Crippen molar-refractivity contribution in [1.82, 2.24) is 10.6 Å². The highest BCUT2D eigenvalue weighted by molar-refractivity contribution is 5.85. The molecule has 1 aliphatic carbocycles. The van der Waals surface area contributed by atoms with Gasteiger partial charge in [0, 0.05) is 7.05 Å². The third-order valence-corrected chi connectivity index (χ3v) is 3.83. The first kappa shape index (κ1) is 17.8. The van der Waals surface area contributed by atoms with E-state index in [4.69, 9.17) is 4.74 Å². The molecule has 0 aliphatic heterocycles. The molecule has 0 heterocycles. The number of likely N-dealkylation sites (N-methyl/N-ethyl adjacent to an activating group) is 1. The molecule has 21 heavy (non-hydrogen) atoms. The smallest absolute Gasteiger partial charge is 0.408 e. The molecule has 1 atom stereocenters. The van der Waals surface area contributed by atoms with Gasteiger partial charge in [0.25, 0.3) is 0 Å². The number of rotatable bonds is 6. The molecule has 2 amide bonds. The molecule has 0 unspecified atom stereocenters. The molecule has 0 aromatic rings. The number of hydrogen-bond donors (Lipinski definition) is 2. The molecule has 1 fully saturated rings. The molecule has 0 aromatic carbocycles. The van der Waals surface area contributed by atoms with Gasteiger partial charge in [0.2, 0.25) is 5.91 Å². The maximum atomic E-state index is 11.9. The highest BCUT2D eigenvalue weighted by Crippen LogP contribution is 2.29. The first-order chi connectivity index (χ1) is 9.81. The number of amides is 2. The van der Waals surface area contributed by atoms with E-state index in [2.05, 4.69) is 10.6 Å². The topological polar surface area (TPSA) is 67.4 Å². The van der Waals surface area contributed by atoms with Gasteiger partial charge in [0.15, 0.2) is 0 Å². The molecule has 0 radical (unpaired) electrons. The van der Waals surface area contributed by atoms with Crippen LogP contribution < -0.4 is 10.6 Å². The van der Waals surface area contributed by atoms with E-state index in [0.29, 0.717) is 6.42 Å². The minimum absolute atomic E-state index is 0.160. The van der Waals surface area contributed by atoms with Gasteiger partial charge < -0.3 is 15.4 Å². The Labute approximate surface area is 128 Å². The Morgan fingerprint density at radius 2 is 1.86 bits per heavy atom. The van der Waals surface area contributed by atoms with E-state index in [1.54, 1.807) is 7.05 Å². The number of alkyl carbamates (subject to hydrolysis) is 1. The van der Waals surface area contributed by atoms with E-state index in [-0.39, 0.29) is 5.91 Å². The Morgan fingerprint density at radius 3 is 2.38 bits per heavy atom. The van der Waals surface area contributed by atoms with Crippen LogP contribution in [-0.4, -0.2) is 30.7 Å². The minimum atomic E-state index is -0.554. The first-order valence-corrected chi connectivity index (χ1v) is 8.03. The Kier molecular flexibility index (Phi) is 6.99. The summed E-state index contributed by atoms with van der Waals surface area (Å²) in [6, 6.07) is -0.508. The zero-order chi connectivity index (χ0) is 15.9. The number of carbonyl (C=O) groups excluding carboxylic acids is 2. The van der Waals surface area contributed by atoms with Gasteiger partial charge in [-0.05, 0) is 33.1 Å². The van der Waals surface area contributed by atoms with E-state index < -0.39 is 17.7 Å². The molecule has 0 aromatic heterocycles. The Balaban J connectivity index is 2.39. The van der Waals surface area contributed by atoms with Crippen LogP contribution in [0.15, 0.2) is 0 Å². The fourth-order valence-electron chi connectivity index (χ4n) is 2.80. The van der Waals surface area contributed by atoms with Crippen LogP contribution in [0.3, 0.4) is 0 Å². The van der Waals surface area contributed by atoms with E-state index in [9.17, 15) is 9.59 Å². The first-order valence-electron chi connectivity index (χ1n) is 8.03. The number of carbonyl (C=O) groups is 2. The molecule has 5 nitrogen and oxygen atoms in total. The second-order valence-corrected chi connectivity index (χ2v) is 6.89. The van der Waals surface area contributed by atoms with Gasteiger partial charge in [0.1, 0.15) is 11.6 Å². The average molecular weight is 298 g/mol. The van der Waals surface area contributed by atoms with Crippen LogP contribution in [0, 0.1) is 5.92 Å². The molecule has 1 rings (SSSR count). The van der Waals surface area contributed by atoms with Crippen molar-refractivity contribution in [2.24, 2.45) is 5.92 Å². The summed E-state index contributed by atoms with van der Waals surface area (Å²) in [7, 11) is 1.59. The Bertz CT molecular complexity index is 344. The van der Waals surface area contributed by atoms with Crippen LogP contribution in [0.25, 0.3) is 0 Å². The SMILES string of the molecule is CNC(=O)[C@H](CCCC1CCCC1)NC(=O)OC(C)(C)C. The summed E-state index contributed by atoms with van der Waals surface area (Å²) in [5.74, 6) is 0.643. The van der Waals surface area contributed by atoms with E-state index in [1.807, 2.05) is 20.8 Å². The van der Waals surface area contributed by atoms with E-state index in [1.165, 1.54) is 25.7 Å². The van der Waals surface area contributed by atoms with Crippen molar-refractivity contribution in [1.29, 1.82) is 0 Å². The van der Waals surface area contributed by atoms with Crippen molar-refractivity contribution >= 4 is 12.0 Å². The molecule has 0 saturated heterocycles. The molecule has 5 heteroatoms. The molecule has 1 saturated carbocycles. The maximum absolute atomic E-state index is 11.9. The lowest BCUT2D eigenvalue weighted by atomic mass is 9.98. The van der Waals surface area contributed by atoms with Crippen molar-refractivity contribution in [2.45, 2.75) is 77.4 Å². The number of ether oxygens (including phenoxy) is 1. The summed E-state index contributed by atoms with van der Waals surface area (Å²) in [5, 5.41) is 5.28. The Morgan fingerprint density at radius 1 is 1.24 bits per heavy atom. The molecule has 1 aliphatic rings. The van der Waals surface area contributed by atoms with Gasteiger partial charge in [-0.25, -0.2) is 4.79 Å². The lowest BCUT2D eigenvalue weighted by Crippen LogP contribution is -2.47. The third-order valence-electron chi connectivity index (χ3n) is 3.83. The third kappa shape index (κ3) is 7.34. The number of hydrogen-bond acceptors (Lipinski definition) is 3. The van der Waals surface area contributed by atoms with E-state index >= 15 is 0 Å². The van der Waals surface area contributed by atoms with Gasteiger partial charge in [0.05, 0.1) is 0 Å². The molecule has 0 spiro atoms. The predicted molar refractivity (Wildman–Crippen MR) is 83.0 cm³/mol. The Hall–Kier alpha value is -1.26. The largest absolute Gasteiger partial charge is 0.444 e. The second kappa shape index (κ2) is 8.25. The lowest BCUT2D eigenvalue weighted by molar-refractivity contribution is -0.122. The van der Waals surface area contributed by atoms with Gasteiger partial charge in [-0.3, -0.25) is 4.79 Å². The molecular weight excluding hydrogens is 268 g/mol. The molecule has 2 N–H and O–H groups in total. The quantitative estimate of drug-likeness (QED) is 0.792. The summed E-state index contributed by atoms with van der Waals surface area (Å²) >= 11 is 0. The fraction of sp³-hybridized carbons (Fsp3) is 0.875. The van der Waals surface area contributed by atoms with Crippen LogP contribution >= 0.6 is 0 Å². The monoisotopic (exact) mass is 298 g/mol. The molecule has 0 bridgehead atoms. The summed E-state index contributed by atoms with van der Waals surface area (Å²) in [6.07, 6.45) is 7.52. The average Bonchev–Trinajstić information content (AvgIpc) is 2.87. The predicted octanol–water partition coefficient (Wildman–Crippen LogP) is 2.99. The van der Waals surface area contributed by atoms with Crippen molar-refractivity contribution < 1.29 is 14.3 Å². The normalized spacial score (nSPS) is 17.3.